The van der Waals surface area contributed by atoms with Crippen LogP contribution in [0.25, 0.3) is 10.8 Å². The van der Waals surface area contributed by atoms with Crippen molar-refractivity contribution in [2.45, 2.75) is 52.6 Å². The molecule has 0 bridgehead atoms. The lowest BCUT2D eigenvalue weighted by molar-refractivity contribution is -0.125. The number of aromatic nitrogens is 2. The number of nitrogens with one attached hydrogen (secondary N) is 1. The Morgan fingerprint density at radius 2 is 1.93 bits per heavy atom. The molecule has 3 atom stereocenters. The van der Waals surface area contributed by atoms with E-state index in [1.54, 1.807) is 31.2 Å². The monoisotopic (exact) mass is 385 g/mol. The molecule has 1 aromatic heterocycles. The van der Waals surface area contributed by atoms with E-state index in [9.17, 15) is 14.4 Å². The molecule has 0 aliphatic heterocycles. The highest BCUT2D eigenvalue weighted by Gasteiger charge is 2.28. The Hall–Kier alpha value is -2.70. The van der Waals surface area contributed by atoms with Gasteiger partial charge >= 0.3 is 5.97 Å². The number of fused-ring (bicyclic) bond motifs is 1. The van der Waals surface area contributed by atoms with Gasteiger partial charge in [0.1, 0.15) is 0 Å². The first kappa shape index (κ1) is 20.0. The van der Waals surface area contributed by atoms with Crippen LogP contribution >= 0.6 is 0 Å². The Bertz CT molecular complexity index is 937. The average Bonchev–Trinajstić information content (AvgIpc) is 2.70. The fraction of sp³-hybridized carbons (Fsp3) is 0.524. The molecular weight excluding hydrogens is 358 g/mol. The van der Waals surface area contributed by atoms with E-state index in [2.05, 4.69) is 24.3 Å². The first-order valence-corrected chi connectivity index (χ1v) is 9.88. The normalized spacial score (nSPS) is 22.0. The number of benzene rings is 1. The summed E-state index contributed by atoms with van der Waals surface area (Å²) in [6.45, 7) is 6.09. The van der Waals surface area contributed by atoms with Crippen LogP contribution in [0, 0.1) is 11.8 Å². The highest BCUT2D eigenvalue weighted by atomic mass is 16.5. The zero-order valence-electron chi connectivity index (χ0n) is 16.6. The SMILES string of the molecule is CCn1nc(C(=O)OCC(=O)N[C@H]2CCC[C@H](C)[C@@H]2C)c2ccccc2c1=O. The zero-order valence-corrected chi connectivity index (χ0v) is 16.6. The van der Waals surface area contributed by atoms with E-state index in [0.717, 1.165) is 12.8 Å². The molecule has 3 rings (SSSR count). The van der Waals surface area contributed by atoms with Gasteiger partial charge in [-0.05, 0) is 31.2 Å². The molecule has 7 heteroatoms. The lowest BCUT2D eigenvalue weighted by Gasteiger charge is -2.34. The molecule has 7 nitrogen and oxygen atoms in total. The fourth-order valence-corrected chi connectivity index (χ4v) is 3.83. The molecule has 1 N–H and O–H groups in total. The molecule has 1 saturated carbocycles. The Labute approximate surface area is 164 Å². The number of carbonyl (C=O) groups is 2. The van der Waals surface area contributed by atoms with Gasteiger partial charge in [-0.2, -0.15) is 5.10 Å². The van der Waals surface area contributed by atoms with E-state index >= 15 is 0 Å². The van der Waals surface area contributed by atoms with Crippen LogP contribution in [-0.4, -0.2) is 34.3 Å². The van der Waals surface area contributed by atoms with Crippen LogP contribution in [-0.2, 0) is 16.1 Å². The van der Waals surface area contributed by atoms with Crippen molar-refractivity contribution in [3.05, 3.63) is 40.3 Å². The van der Waals surface area contributed by atoms with Gasteiger partial charge in [-0.15, -0.1) is 0 Å². The third kappa shape index (κ3) is 4.08. The maximum absolute atomic E-state index is 12.6. The number of amides is 1. The predicted octanol–water partition coefficient (Wildman–Crippen LogP) is 2.51. The summed E-state index contributed by atoms with van der Waals surface area (Å²) in [6.07, 6.45) is 3.21. The second-order valence-corrected chi connectivity index (χ2v) is 7.53. The van der Waals surface area contributed by atoms with Crippen molar-refractivity contribution in [1.29, 1.82) is 0 Å². The molecule has 1 aromatic carbocycles. The average molecular weight is 385 g/mol. The summed E-state index contributed by atoms with van der Waals surface area (Å²) in [5, 5.41) is 7.95. The summed E-state index contributed by atoms with van der Waals surface area (Å²) in [5.41, 5.74) is -0.211. The molecule has 0 radical (unpaired) electrons. The van der Waals surface area contributed by atoms with Gasteiger partial charge in [-0.1, -0.05) is 44.9 Å². The third-order valence-corrected chi connectivity index (χ3v) is 5.75. The number of aryl methyl sites for hydroxylation is 1. The number of hydrogen-bond acceptors (Lipinski definition) is 5. The van der Waals surface area contributed by atoms with Gasteiger partial charge in [0, 0.05) is 18.0 Å². The standard InChI is InChI=1S/C21H27N3O4/c1-4-24-20(26)16-10-6-5-9-15(16)19(23-24)21(27)28-12-18(25)22-17-11-7-8-13(2)14(17)3/h5-6,9-10,13-14,17H,4,7-8,11-12H2,1-3H3,(H,22,25)/t13-,14-,17-/m0/s1. The van der Waals surface area contributed by atoms with Crippen LogP contribution in [0.4, 0.5) is 0 Å². The molecule has 0 saturated heterocycles. The van der Waals surface area contributed by atoms with E-state index < -0.39 is 5.97 Å². The minimum atomic E-state index is -0.710. The first-order valence-electron chi connectivity index (χ1n) is 9.88. The summed E-state index contributed by atoms with van der Waals surface area (Å²) in [5.74, 6) is -0.0644. The maximum atomic E-state index is 12.6. The molecule has 1 aliphatic carbocycles. The second-order valence-electron chi connectivity index (χ2n) is 7.53. The molecule has 28 heavy (non-hydrogen) atoms. The topological polar surface area (TPSA) is 90.3 Å². The van der Waals surface area contributed by atoms with Gasteiger partial charge in [-0.3, -0.25) is 9.59 Å². The molecule has 1 fully saturated rings. The third-order valence-electron chi connectivity index (χ3n) is 5.75. The number of hydrogen-bond donors (Lipinski definition) is 1. The van der Waals surface area contributed by atoms with Crippen molar-refractivity contribution in [1.82, 2.24) is 15.1 Å². The minimum Gasteiger partial charge on any atom is -0.451 e. The molecule has 0 unspecified atom stereocenters. The van der Waals surface area contributed by atoms with Crippen LogP contribution < -0.4 is 10.9 Å². The van der Waals surface area contributed by atoms with E-state index in [0.29, 0.717) is 29.2 Å². The summed E-state index contributed by atoms with van der Waals surface area (Å²) in [4.78, 5) is 37.2. The van der Waals surface area contributed by atoms with Gasteiger partial charge in [0.05, 0.1) is 5.39 Å². The lowest BCUT2D eigenvalue weighted by Crippen LogP contribution is -2.45. The van der Waals surface area contributed by atoms with Crippen LogP contribution in [0.1, 0.15) is 50.5 Å². The Balaban J connectivity index is 1.71. The molecular formula is C21H27N3O4. The van der Waals surface area contributed by atoms with E-state index in [-0.39, 0.29) is 29.8 Å². The highest BCUT2D eigenvalue weighted by Crippen LogP contribution is 2.29. The van der Waals surface area contributed by atoms with Crippen LogP contribution in [0.3, 0.4) is 0 Å². The van der Waals surface area contributed by atoms with E-state index in [1.807, 2.05) is 0 Å². The molecule has 0 spiro atoms. The summed E-state index contributed by atoms with van der Waals surface area (Å²) < 4.78 is 6.44. The Morgan fingerprint density at radius 3 is 2.64 bits per heavy atom. The number of nitrogens with zero attached hydrogens (tertiary/aromatic N) is 2. The first-order chi connectivity index (χ1) is 13.4. The Kier molecular flexibility index (Phi) is 6.11. The molecule has 150 valence electrons. The highest BCUT2D eigenvalue weighted by molar-refractivity contribution is 6.02. The number of ether oxygens (including phenoxy) is 1. The fourth-order valence-electron chi connectivity index (χ4n) is 3.83. The van der Waals surface area contributed by atoms with Gasteiger partial charge in [-0.25, -0.2) is 9.48 Å². The smallest absolute Gasteiger partial charge is 0.359 e. The maximum Gasteiger partial charge on any atom is 0.359 e. The van der Waals surface area contributed by atoms with Crippen LogP contribution in [0.2, 0.25) is 0 Å². The summed E-state index contributed by atoms with van der Waals surface area (Å²) in [7, 11) is 0. The van der Waals surface area contributed by atoms with Gasteiger partial charge in [0.25, 0.3) is 11.5 Å². The second kappa shape index (κ2) is 8.54. The molecule has 2 aromatic rings. The van der Waals surface area contributed by atoms with Crippen molar-refractivity contribution in [2.75, 3.05) is 6.61 Å². The number of rotatable bonds is 5. The molecule has 1 aliphatic rings. The van der Waals surface area contributed by atoms with E-state index in [1.165, 1.54) is 11.1 Å². The van der Waals surface area contributed by atoms with Crippen LogP contribution in [0.15, 0.2) is 29.1 Å². The minimum absolute atomic E-state index is 0.0458. The van der Waals surface area contributed by atoms with Gasteiger partial charge < -0.3 is 10.1 Å². The van der Waals surface area contributed by atoms with Crippen molar-refractivity contribution in [2.24, 2.45) is 11.8 Å². The van der Waals surface area contributed by atoms with Gasteiger partial charge in [0.2, 0.25) is 0 Å². The van der Waals surface area contributed by atoms with Crippen molar-refractivity contribution in [3.8, 4) is 0 Å². The van der Waals surface area contributed by atoms with Crippen molar-refractivity contribution < 1.29 is 14.3 Å². The number of esters is 1. The molecule has 1 heterocycles. The van der Waals surface area contributed by atoms with Crippen molar-refractivity contribution in [3.63, 3.8) is 0 Å². The lowest BCUT2D eigenvalue weighted by atomic mass is 9.78. The predicted molar refractivity (Wildman–Crippen MR) is 106 cm³/mol. The largest absolute Gasteiger partial charge is 0.451 e. The van der Waals surface area contributed by atoms with Crippen molar-refractivity contribution >= 4 is 22.6 Å². The summed E-state index contributed by atoms with van der Waals surface area (Å²) >= 11 is 0. The van der Waals surface area contributed by atoms with Gasteiger partial charge in [0.15, 0.2) is 12.3 Å². The number of carbonyl (C=O) groups excluding carboxylic acids is 2. The van der Waals surface area contributed by atoms with Crippen LogP contribution in [0.5, 0.6) is 0 Å². The quantitative estimate of drug-likeness (QED) is 0.799. The summed E-state index contributed by atoms with van der Waals surface area (Å²) in [6, 6.07) is 6.88. The zero-order chi connectivity index (χ0) is 20.3. The molecule has 1 amide bonds. The van der Waals surface area contributed by atoms with E-state index in [4.69, 9.17) is 4.74 Å². The Morgan fingerprint density at radius 1 is 1.21 bits per heavy atom.